The van der Waals surface area contributed by atoms with Crippen molar-refractivity contribution in [3.63, 3.8) is 0 Å². The number of aromatic nitrogens is 2. The first-order chi connectivity index (χ1) is 20.9. The lowest BCUT2D eigenvalue weighted by atomic mass is 10.0. The predicted octanol–water partition coefficient (Wildman–Crippen LogP) is -0.594. The summed E-state index contributed by atoms with van der Waals surface area (Å²) in [7, 11) is 0. The average Bonchev–Trinajstić information content (AvgIpc) is 3.65. The summed E-state index contributed by atoms with van der Waals surface area (Å²) in [6, 6.07) is -0.152. The maximum absolute atomic E-state index is 13.4. The quantitative estimate of drug-likeness (QED) is 0.0966. The molecule has 2 atom stereocenters. The number of pyridine rings is 1. The molecule has 17 nitrogen and oxygen atoms in total. The number of nitrogens with zero attached hydrogens (tertiary/aromatic N) is 3. The number of nitrogens with two attached hydrogens (primary N) is 1. The maximum atomic E-state index is 13.4. The Hall–Kier alpha value is -4.91. The molecule has 1 saturated heterocycles. The molecule has 19 heteroatoms. The van der Waals surface area contributed by atoms with E-state index in [4.69, 9.17) is 10.6 Å². The van der Waals surface area contributed by atoms with E-state index in [9.17, 15) is 44.1 Å². The second-order valence-corrected chi connectivity index (χ2v) is 12.0. The Bertz CT molecular complexity index is 1680. The van der Waals surface area contributed by atoms with Crippen molar-refractivity contribution >= 4 is 63.6 Å². The highest BCUT2D eigenvalue weighted by Crippen LogP contribution is 2.40. The number of H-pyrrole nitrogens is 1. The van der Waals surface area contributed by atoms with Crippen molar-refractivity contribution in [1.29, 1.82) is 0 Å². The number of aliphatic carboxylic acids is 2. The zero-order valence-corrected chi connectivity index (χ0v) is 24.2. The number of thioether (sulfide) groups is 1. The standard InChI is InChI=1S/C25H25N7O10S2/c26-24-29-11(9-44-24)13(31-42-25(23(40)41)4-1-2-5-25)19(36)30-15-20(37)32-16(22(38)39)10(8-43-21(15)32)7-28-18(35)14-17(34)12(33)3-6-27-14/h3,6,9,15,21,34H,1-2,4-5,7-8H2,(H2,26,29)(H,27,33)(H,28,35)(H,30,36)(H,38,39)(H,40,41)/t15?,21-/m0/s1. The van der Waals surface area contributed by atoms with Crippen LogP contribution >= 0.6 is 23.1 Å². The number of hydrogen-bond acceptors (Lipinski definition) is 13. The Morgan fingerprint density at radius 3 is 2.59 bits per heavy atom. The number of aromatic amines is 1. The van der Waals surface area contributed by atoms with Crippen LogP contribution in [-0.2, 0) is 24.0 Å². The number of β-lactam (4-membered cyclic amide) rings is 1. The normalized spacial score (nSPS) is 20.9. The Morgan fingerprint density at radius 1 is 1.23 bits per heavy atom. The Labute approximate surface area is 255 Å². The van der Waals surface area contributed by atoms with E-state index in [1.54, 1.807) is 0 Å². The third kappa shape index (κ3) is 5.57. The molecule has 0 radical (unpaired) electrons. The van der Waals surface area contributed by atoms with Gasteiger partial charge < -0.3 is 41.5 Å². The van der Waals surface area contributed by atoms with Gasteiger partial charge in [0.1, 0.15) is 22.8 Å². The van der Waals surface area contributed by atoms with Gasteiger partial charge in [0.25, 0.3) is 17.7 Å². The van der Waals surface area contributed by atoms with Crippen LogP contribution in [-0.4, -0.2) is 94.9 Å². The van der Waals surface area contributed by atoms with Crippen LogP contribution in [0.25, 0.3) is 0 Å². The van der Waals surface area contributed by atoms with E-state index in [0.29, 0.717) is 12.8 Å². The lowest BCUT2D eigenvalue weighted by molar-refractivity contribution is -0.165. The summed E-state index contributed by atoms with van der Waals surface area (Å²) in [6.45, 7) is -0.317. The first-order valence-electron chi connectivity index (χ1n) is 13.0. The van der Waals surface area contributed by atoms with Crippen LogP contribution in [0, 0.1) is 0 Å². The highest BCUT2D eigenvalue weighted by Gasteiger charge is 2.54. The van der Waals surface area contributed by atoms with E-state index in [0.717, 1.165) is 40.3 Å². The Balaban J connectivity index is 1.32. The SMILES string of the molecule is Nc1nc(C(=NOC2(C(=O)O)CCCC2)C(=O)NC2C(=O)N3C(C(=O)O)=C(CNC(=O)c4[nH]ccc(=O)c4O)CS[C@@H]23)cs1. The maximum Gasteiger partial charge on any atom is 0.352 e. The summed E-state index contributed by atoms with van der Waals surface area (Å²) >= 11 is 2.13. The third-order valence-electron chi connectivity index (χ3n) is 7.25. The molecule has 44 heavy (non-hydrogen) atoms. The van der Waals surface area contributed by atoms with Crippen LogP contribution in [0.15, 0.2) is 38.9 Å². The molecule has 1 unspecified atom stereocenters. The molecular weight excluding hydrogens is 622 g/mol. The number of carboxylic acids is 2. The number of carbonyl (C=O) groups excluding carboxylic acids is 3. The van der Waals surface area contributed by atoms with Crippen LogP contribution < -0.4 is 21.8 Å². The fourth-order valence-corrected chi connectivity index (χ4v) is 6.87. The number of nitrogen functional groups attached to an aromatic ring is 1. The van der Waals surface area contributed by atoms with E-state index >= 15 is 0 Å². The van der Waals surface area contributed by atoms with Crippen LogP contribution in [0.5, 0.6) is 5.75 Å². The summed E-state index contributed by atoms with van der Waals surface area (Å²) in [5.41, 5.74) is 2.28. The minimum atomic E-state index is -1.61. The molecular formula is C25H25N7O10S2. The zero-order valence-electron chi connectivity index (χ0n) is 22.6. The molecule has 8 N–H and O–H groups in total. The van der Waals surface area contributed by atoms with Crippen molar-refractivity contribution in [1.82, 2.24) is 25.5 Å². The van der Waals surface area contributed by atoms with E-state index < -0.39 is 69.3 Å². The second-order valence-electron chi connectivity index (χ2n) is 9.98. The lowest BCUT2D eigenvalue weighted by Gasteiger charge is -2.49. The highest BCUT2D eigenvalue weighted by atomic mass is 32.2. The van der Waals surface area contributed by atoms with Gasteiger partial charge in [0.2, 0.25) is 11.0 Å². The molecule has 2 aromatic heterocycles. The fraction of sp³-hybridized carbons (Fsp3) is 0.360. The molecule has 1 saturated carbocycles. The van der Waals surface area contributed by atoms with Gasteiger partial charge in [-0.1, -0.05) is 5.16 Å². The smallest absolute Gasteiger partial charge is 0.352 e. The van der Waals surface area contributed by atoms with Crippen molar-refractivity contribution in [2.45, 2.75) is 42.7 Å². The topological polar surface area (TPSA) is 267 Å². The van der Waals surface area contributed by atoms with Gasteiger partial charge in [0.15, 0.2) is 22.3 Å². The summed E-state index contributed by atoms with van der Waals surface area (Å²) in [4.78, 5) is 87.6. The highest BCUT2D eigenvalue weighted by molar-refractivity contribution is 8.00. The predicted molar refractivity (Wildman–Crippen MR) is 154 cm³/mol. The van der Waals surface area contributed by atoms with Crippen LogP contribution in [0.3, 0.4) is 0 Å². The van der Waals surface area contributed by atoms with E-state index in [2.05, 4.69) is 25.8 Å². The summed E-state index contributed by atoms with van der Waals surface area (Å²) in [5, 5.41) is 39.0. The number of fused-ring (bicyclic) bond motifs is 1. The third-order valence-corrected chi connectivity index (χ3v) is 9.26. The lowest BCUT2D eigenvalue weighted by Crippen LogP contribution is -2.71. The van der Waals surface area contributed by atoms with Gasteiger partial charge >= 0.3 is 11.9 Å². The van der Waals surface area contributed by atoms with Crippen molar-refractivity contribution in [3.05, 3.63) is 50.5 Å². The molecule has 1 aliphatic carbocycles. The number of amides is 3. The van der Waals surface area contributed by atoms with Gasteiger partial charge in [0, 0.05) is 42.8 Å². The van der Waals surface area contributed by atoms with Gasteiger partial charge in [-0.15, -0.1) is 23.1 Å². The molecule has 2 aromatic rings. The second kappa shape index (κ2) is 12.0. The van der Waals surface area contributed by atoms with E-state index in [-0.39, 0.29) is 47.2 Å². The molecule has 4 heterocycles. The largest absolute Gasteiger partial charge is 0.503 e. The van der Waals surface area contributed by atoms with Gasteiger partial charge in [0.05, 0.1) is 0 Å². The summed E-state index contributed by atoms with van der Waals surface area (Å²) < 4.78 is 0. The first-order valence-corrected chi connectivity index (χ1v) is 15.0. The number of hydrogen-bond donors (Lipinski definition) is 7. The summed E-state index contributed by atoms with van der Waals surface area (Å²) in [5.74, 6) is -5.97. The fourth-order valence-electron chi connectivity index (χ4n) is 4.97. The molecule has 3 amide bonds. The zero-order chi connectivity index (χ0) is 31.8. The van der Waals surface area contributed by atoms with E-state index in [1.165, 1.54) is 5.38 Å². The average molecular weight is 648 g/mol. The number of anilines is 1. The number of nitrogens with one attached hydrogen (secondary N) is 3. The van der Waals surface area contributed by atoms with Crippen molar-refractivity contribution in [2.24, 2.45) is 5.16 Å². The van der Waals surface area contributed by atoms with Crippen LogP contribution in [0.1, 0.15) is 41.9 Å². The minimum Gasteiger partial charge on any atom is -0.503 e. The van der Waals surface area contributed by atoms with Gasteiger partial charge in [-0.3, -0.25) is 24.1 Å². The van der Waals surface area contributed by atoms with Crippen molar-refractivity contribution in [2.75, 3.05) is 18.0 Å². The molecule has 0 bridgehead atoms. The molecule has 2 fully saturated rings. The number of carbonyl (C=O) groups is 5. The number of aromatic hydroxyl groups is 1. The molecule has 5 rings (SSSR count). The molecule has 2 aliphatic heterocycles. The summed E-state index contributed by atoms with van der Waals surface area (Å²) in [6.07, 6.45) is 2.73. The number of thiazole rings is 1. The van der Waals surface area contributed by atoms with E-state index in [1.807, 2.05) is 0 Å². The minimum absolute atomic E-state index is 0.00147. The van der Waals surface area contributed by atoms with Crippen LogP contribution in [0.4, 0.5) is 5.13 Å². The number of carboxylic acid groups (broad SMARTS) is 2. The Morgan fingerprint density at radius 2 is 1.95 bits per heavy atom. The first kappa shape index (κ1) is 30.5. The van der Waals surface area contributed by atoms with Gasteiger partial charge in [-0.05, 0) is 18.4 Å². The molecule has 232 valence electrons. The molecule has 0 spiro atoms. The van der Waals surface area contributed by atoms with Gasteiger partial charge in [-0.25, -0.2) is 14.6 Å². The monoisotopic (exact) mass is 647 g/mol. The van der Waals surface area contributed by atoms with Gasteiger partial charge in [-0.2, -0.15) is 0 Å². The number of oxime groups is 1. The van der Waals surface area contributed by atoms with Crippen LogP contribution in [0.2, 0.25) is 0 Å². The number of rotatable bonds is 10. The molecule has 0 aromatic carbocycles. The molecule has 3 aliphatic rings. The van der Waals surface area contributed by atoms with Crippen molar-refractivity contribution in [3.8, 4) is 5.75 Å². The van der Waals surface area contributed by atoms with Crippen molar-refractivity contribution < 1.29 is 44.1 Å². The Kier molecular flexibility index (Phi) is 8.33.